The fraction of sp³-hybridized carbons (Fsp3) is 0.286. The van der Waals surface area contributed by atoms with Crippen LogP contribution in [0, 0.1) is 17.0 Å². The van der Waals surface area contributed by atoms with Crippen LogP contribution in [-0.2, 0) is 19.1 Å². The number of halogens is 2. The number of nitro groups is 1. The van der Waals surface area contributed by atoms with E-state index < -0.39 is 22.6 Å². The Bertz CT molecular complexity index is 766. The van der Waals surface area contributed by atoms with Gasteiger partial charge in [0.1, 0.15) is 4.47 Å². The van der Waals surface area contributed by atoms with Gasteiger partial charge in [-0.2, -0.15) is 0 Å². The Morgan fingerprint density at radius 2 is 1.79 bits per heavy atom. The predicted molar refractivity (Wildman–Crippen MR) is 91.2 cm³/mol. The Morgan fingerprint density at radius 1 is 1.25 bits per heavy atom. The molecule has 1 aliphatic rings. The molecule has 2 rings (SSSR count). The van der Waals surface area contributed by atoms with Gasteiger partial charge in [-0.05, 0) is 50.4 Å². The van der Waals surface area contributed by atoms with E-state index in [4.69, 9.17) is 9.47 Å². The number of hydrogen-bond acceptors (Lipinski definition) is 7. The minimum atomic E-state index is -1.33. The molecule has 128 valence electrons. The van der Waals surface area contributed by atoms with Crippen LogP contribution in [0.3, 0.4) is 0 Å². The van der Waals surface area contributed by atoms with Crippen LogP contribution in [0.4, 0.5) is 11.4 Å². The molecule has 0 unspecified atom stereocenters. The molecule has 1 heterocycles. The highest BCUT2D eigenvalue weighted by Crippen LogP contribution is 2.40. The van der Waals surface area contributed by atoms with E-state index in [9.17, 15) is 19.7 Å². The summed E-state index contributed by atoms with van der Waals surface area (Å²) in [6, 6.07) is 1.55. The molecule has 0 atom stereocenters. The molecule has 0 aliphatic carbocycles. The summed E-state index contributed by atoms with van der Waals surface area (Å²) in [5, 5.41) is 13.9. The summed E-state index contributed by atoms with van der Waals surface area (Å²) in [5.41, 5.74) is 0.458. The lowest BCUT2D eigenvalue weighted by Gasteiger charge is -2.29. The van der Waals surface area contributed by atoms with E-state index in [-0.39, 0.29) is 15.7 Å². The lowest BCUT2D eigenvalue weighted by atomic mass is 10.1. The Morgan fingerprint density at radius 3 is 2.29 bits per heavy atom. The molecule has 24 heavy (non-hydrogen) atoms. The topological polar surface area (TPSA) is 108 Å². The molecule has 0 bridgehead atoms. The van der Waals surface area contributed by atoms with Crippen molar-refractivity contribution in [3.8, 4) is 0 Å². The summed E-state index contributed by atoms with van der Waals surface area (Å²) in [6.45, 7) is 4.58. The van der Waals surface area contributed by atoms with E-state index in [0.29, 0.717) is 15.7 Å². The largest absolute Gasteiger partial charge is 0.419 e. The molecule has 0 aromatic heterocycles. The Balaban J connectivity index is 2.39. The Hall–Kier alpha value is -1.94. The molecule has 1 fully saturated rings. The number of ether oxygens (including phenoxy) is 2. The zero-order valence-electron chi connectivity index (χ0n) is 12.8. The van der Waals surface area contributed by atoms with Crippen molar-refractivity contribution in [1.29, 1.82) is 0 Å². The van der Waals surface area contributed by atoms with E-state index in [2.05, 4.69) is 37.2 Å². The zero-order chi connectivity index (χ0) is 18.2. The van der Waals surface area contributed by atoms with Crippen LogP contribution >= 0.6 is 31.9 Å². The van der Waals surface area contributed by atoms with Crippen LogP contribution in [0.25, 0.3) is 0 Å². The normalized spacial score (nSPS) is 16.3. The minimum absolute atomic E-state index is 0.175. The minimum Gasteiger partial charge on any atom is -0.419 e. The molecule has 1 aromatic carbocycles. The maximum Gasteiger partial charge on any atom is 0.350 e. The molecule has 1 N–H and O–H groups in total. The number of nitrogens with zero attached hydrogens (tertiary/aromatic N) is 1. The van der Waals surface area contributed by atoms with Crippen molar-refractivity contribution < 1.29 is 24.0 Å². The van der Waals surface area contributed by atoms with E-state index in [1.165, 1.54) is 13.8 Å². The fourth-order valence-corrected chi connectivity index (χ4v) is 3.73. The second-order valence-corrected chi connectivity index (χ2v) is 7.00. The molecular formula is C14H12Br2N2O6. The first kappa shape index (κ1) is 18.4. The summed E-state index contributed by atoms with van der Waals surface area (Å²) < 4.78 is 10.4. The zero-order valence-corrected chi connectivity index (χ0v) is 16.0. The monoisotopic (exact) mass is 462 g/mol. The summed E-state index contributed by atoms with van der Waals surface area (Å²) in [5.74, 6) is -3.02. The fourth-order valence-electron chi connectivity index (χ4n) is 1.99. The van der Waals surface area contributed by atoms with Gasteiger partial charge < -0.3 is 14.8 Å². The van der Waals surface area contributed by atoms with Gasteiger partial charge in [0.2, 0.25) is 0 Å². The molecule has 0 radical (unpaired) electrons. The van der Waals surface area contributed by atoms with E-state index in [1.54, 1.807) is 13.0 Å². The maximum atomic E-state index is 11.9. The number of esters is 2. The molecule has 0 saturated carbocycles. The number of carbonyl (C=O) groups is 2. The van der Waals surface area contributed by atoms with Crippen LogP contribution in [0.5, 0.6) is 0 Å². The van der Waals surface area contributed by atoms with Gasteiger partial charge in [0.25, 0.3) is 11.5 Å². The number of aryl methyl sites for hydroxylation is 1. The number of hydrogen-bond donors (Lipinski definition) is 1. The van der Waals surface area contributed by atoms with E-state index in [1.807, 2.05) is 0 Å². The van der Waals surface area contributed by atoms with Gasteiger partial charge in [0.05, 0.1) is 15.1 Å². The van der Waals surface area contributed by atoms with Gasteiger partial charge in [0, 0.05) is 20.0 Å². The van der Waals surface area contributed by atoms with Crippen molar-refractivity contribution in [2.45, 2.75) is 26.6 Å². The van der Waals surface area contributed by atoms with E-state index in [0.717, 1.165) is 6.20 Å². The number of nitro benzene ring substituents is 1. The van der Waals surface area contributed by atoms with Gasteiger partial charge in [0.15, 0.2) is 5.57 Å². The number of benzene rings is 1. The van der Waals surface area contributed by atoms with E-state index >= 15 is 0 Å². The third-order valence-corrected chi connectivity index (χ3v) is 4.43. The standard InChI is InChI=1S/C14H12Br2N2O6/c1-6-4-8(15)11(18(21)22)9(16)10(6)17-5-7-12(19)23-14(2,3)24-13(7)20/h4-5,17H,1-3H3. The average molecular weight is 464 g/mol. The van der Waals surface area contributed by atoms with Crippen LogP contribution in [0.15, 0.2) is 26.8 Å². The summed E-state index contributed by atoms with van der Waals surface area (Å²) in [4.78, 5) is 34.3. The van der Waals surface area contributed by atoms with Crippen molar-refractivity contribution in [3.63, 3.8) is 0 Å². The highest BCUT2D eigenvalue weighted by Gasteiger charge is 2.39. The second kappa shape index (κ2) is 6.52. The molecule has 1 saturated heterocycles. The predicted octanol–water partition coefficient (Wildman–Crippen LogP) is 3.56. The third-order valence-electron chi connectivity index (χ3n) is 3.05. The number of cyclic esters (lactones) is 2. The number of carbonyl (C=O) groups excluding carboxylic acids is 2. The summed E-state index contributed by atoms with van der Waals surface area (Å²) >= 11 is 6.29. The molecule has 8 nitrogen and oxygen atoms in total. The molecule has 0 amide bonds. The Labute approximate surface area is 153 Å². The maximum absolute atomic E-state index is 11.9. The van der Waals surface area contributed by atoms with Gasteiger partial charge in [-0.3, -0.25) is 10.1 Å². The average Bonchev–Trinajstić information content (AvgIpc) is 2.38. The van der Waals surface area contributed by atoms with Gasteiger partial charge in [-0.1, -0.05) is 0 Å². The Kier molecular flexibility index (Phi) is 5.00. The highest BCUT2D eigenvalue weighted by molar-refractivity contribution is 9.11. The van der Waals surface area contributed by atoms with Crippen molar-refractivity contribution in [3.05, 3.63) is 42.5 Å². The highest BCUT2D eigenvalue weighted by atomic mass is 79.9. The first-order valence-corrected chi connectivity index (χ1v) is 8.18. The van der Waals surface area contributed by atoms with Crippen LogP contribution in [0.2, 0.25) is 0 Å². The number of anilines is 1. The van der Waals surface area contributed by atoms with Gasteiger partial charge in [-0.15, -0.1) is 0 Å². The van der Waals surface area contributed by atoms with Crippen molar-refractivity contribution >= 4 is 55.2 Å². The smallest absolute Gasteiger partial charge is 0.350 e. The summed E-state index contributed by atoms with van der Waals surface area (Å²) in [7, 11) is 0. The molecule has 1 aliphatic heterocycles. The number of nitrogens with one attached hydrogen (secondary N) is 1. The second-order valence-electron chi connectivity index (χ2n) is 5.35. The summed E-state index contributed by atoms with van der Waals surface area (Å²) in [6.07, 6.45) is 1.10. The van der Waals surface area contributed by atoms with Crippen LogP contribution in [0.1, 0.15) is 19.4 Å². The van der Waals surface area contributed by atoms with Gasteiger partial charge in [-0.25, -0.2) is 9.59 Å². The van der Waals surface area contributed by atoms with Crippen molar-refractivity contribution in [2.75, 3.05) is 5.32 Å². The quantitative estimate of drug-likeness (QED) is 0.240. The van der Waals surface area contributed by atoms with Gasteiger partial charge >= 0.3 is 11.9 Å². The molecule has 1 aromatic rings. The van der Waals surface area contributed by atoms with Crippen LogP contribution < -0.4 is 5.32 Å². The SMILES string of the molecule is Cc1cc(Br)c([N+](=O)[O-])c(Br)c1NC=C1C(=O)OC(C)(C)OC1=O. The first-order valence-electron chi connectivity index (χ1n) is 6.60. The van der Waals surface area contributed by atoms with Crippen LogP contribution in [-0.4, -0.2) is 22.6 Å². The first-order chi connectivity index (χ1) is 11.0. The third kappa shape index (κ3) is 3.59. The van der Waals surface area contributed by atoms with Crippen molar-refractivity contribution in [1.82, 2.24) is 0 Å². The number of rotatable bonds is 3. The molecule has 10 heteroatoms. The molecule has 0 spiro atoms. The molecular weight excluding hydrogens is 452 g/mol. The lowest BCUT2D eigenvalue weighted by molar-refractivity contribution is -0.386. The lowest BCUT2D eigenvalue weighted by Crippen LogP contribution is -2.42. The van der Waals surface area contributed by atoms with Crippen molar-refractivity contribution in [2.24, 2.45) is 0 Å².